The van der Waals surface area contributed by atoms with Crippen LogP contribution in [0.15, 0.2) is 83.5 Å². The van der Waals surface area contributed by atoms with Crippen LogP contribution < -0.4 is 5.32 Å². The molecule has 2 aromatic carbocycles. The summed E-state index contributed by atoms with van der Waals surface area (Å²) in [5.74, 6) is 0.673. The molecule has 0 bridgehead atoms. The van der Waals surface area contributed by atoms with Gasteiger partial charge in [0.1, 0.15) is 5.76 Å². The van der Waals surface area contributed by atoms with Crippen molar-refractivity contribution in [2.45, 2.75) is 6.42 Å². The molecule has 0 aliphatic heterocycles. The summed E-state index contributed by atoms with van der Waals surface area (Å²) in [5, 5.41) is 7.90. The normalized spacial score (nSPS) is 10.8. The van der Waals surface area contributed by atoms with Crippen molar-refractivity contribution >= 4 is 17.5 Å². The highest BCUT2D eigenvalue weighted by Crippen LogP contribution is 2.23. The van der Waals surface area contributed by atoms with Gasteiger partial charge >= 0.3 is 0 Å². The molecule has 0 saturated carbocycles. The van der Waals surface area contributed by atoms with Crippen LogP contribution in [0.5, 0.6) is 0 Å². The fourth-order valence-corrected chi connectivity index (χ4v) is 2.97. The van der Waals surface area contributed by atoms with Gasteiger partial charge in [-0.15, -0.1) is 0 Å². The molecular weight excluding hydrogens is 374 g/mol. The quantitative estimate of drug-likeness (QED) is 0.515. The van der Waals surface area contributed by atoms with E-state index < -0.39 is 0 Å². The van der Waals surface area contributed by atoms with Crippen molar-refractivity contribution in [3.63, 3.8) is 0 Å². The molecule has 2 heterocycles. The van der Waals surface area contributed by atoms with Crippen molar-refractivity contribution in [1.29, 1.82) is 0 Å². The number of furan rings is 1. The van der Waals surface area contributed by atoms with E-state index in [1.807, 2.05) is 59.5 Å². The Balaban J connectivity index is 1.33. The van der Waals surface area contributed by atoms with Gasteiger partial charge in [0.05, 0.1) is 11.9 Å². The standard InChI is InChI=1S/C22H18ClN3O2/c23-18-8-6-17(7-9-18)20-10-11-21(28-20)22(27)24-13-12-16-14-25-26(15-16)19-4-2-1-3-5-19/h1-11,14-15H,12-13H2,(H,24,27). The SMILES string of the molecule is O=C(NCCc1cnn(-c2ccccc2)c1)c1ccc(-c2ccc(Cl)cc2)o1. The van der Waals surface area contributed by atoms with E-state index in [-0.39, 0.29) is 11.7 Å². The van der Waals surface area contributed by atoms with E-state index in [0.717, 1.165) is 16.8 Å². The predicted molar refractivity (Wildman–Crippen MR) is 109 cm³/mol. The first-order valence-corrected chi connectivity index (χ1v) is 9.30. The summed E-state index contributed by atoms with van der Waals surface area (Å²) in [7, 11) is 0. The monoisotopic (exact) mass is 391 g/mol. The van der Waals surface area contributed by atoms with E-state index in [0.29, 0.717) is 23.7 Å². The number of hydrogen-bond acceptors (Lipinski definition) is 3. The van der Waals surface area contributed by atoms with Gasteiger partial charge < -0.3 is 9.73 Å². The lowest BCUT2D eigenvalue weighted by molar-refractivity contribution is 0.0927. The Morgan fingerprint density at radius 3 is 2.61 bits per heavy atom. The molecule has 0 spiro atoms. The third-order valence-corrected chi connectivity index (χ3v) is 4.57. The molecule has 4 aromatic rings. The van der Waals surface area contributed by atoms with Crippen LogP contribution in [0.25, 0.3) is 17.0 Å². The highest BCUT2D eigenvalue weighted by Gasteiger charge is 2.12. The van der Waals surface area contributed by atoms with Gasteiger partial charge in [0, 0.05) is 23.3 Å². The van der Waals surface area contributed by atoms with Crippen molar-refractivity contribution in [1.82, 2.24) is 15.1 Å². The highest BCUT2D eigenvalue weighted by molar-refractivity contribution is 6.30. The largest absolute Gasteiger partial charge is 0.451 e. The molecule has 0 aliphatic carbocycles. The first-order chi connectivity index (χ1) is 13.7. The summed E-state index contributed by atoms with van der Waals surface area (Å²) < 4.78 is 7.49. The minimum Gasteiger partial charge on any atom is -0.451 e. The second-order valence-electron chi connectivity index (χ2n) is 6.31. The minimum atomic E-state index is -0.240. The molecule has 1 amide bonds. The maximum absolute atomic E-state index is 12.3. The average Bonchev–Trinajstić information content (AvgIpc) is 3.39. The molecule has 28 heavy (non-hydrogen) atoms. The first kappa shape index (κ1) is 18.1. The summed E-state index contributed by atoms with van der Waals surface area (Å²) >= 11 is 5.90. The fourth-order valence-electron chi connectivity index (χ4n) is 2.85. The van der Waals surface area contributed by atoms with E-state index >= 15 is 0 Å². The van der Waals surface area contributed by atoms with Crippen LogP contribution in [0.4, 0.5) is 0 Å². The number of nitrogens with zero attached hydrogens (tertiary/aromatic N) is 2. The number of hydrogen-bond donors (Lipinski definition) is 1. The zero-order valence-electron chi connectivity index (χ0n) is 15.0. The van der Waals surface area contributed by atoms with Crippen LogP contribution in [0.3, 0.4) is 0 Å². The second-order valence-corrected chi connectivity index (χ2v) is 6.74. The summed E-state index contributed by atoms with van der Waals surface area (Å²) in [6.07, 6.45) is 4.46. The molecule has 0 unspecified atom stereocenters. The molecule has 4 rings (SSSR count). The molecule has 5 nitrogen and oxygen atoms in total. The number of benzene rings is 2. The third kappa shape index (κ3) is 4.15. The summed E-state index contributed by atoms with van der Waals surface area (Å²) in [6.45, 7) is 0.496. The molecular formula is C22H18ClN3O2. The number of amides is 1. The van der Waals surface area contributed by atoms with Gasteiger partial charge in [0.2, 0.25) is 0 Å². The molecule has 0 atom stereocenters. The molecule has 1 N–H and O–H groups in total. The molecule has 0 aliphatic rings. The summed E-state index contributed by atoms with van der Waals surface area (Å²) in [5.41, 5.74) is 2.92. The highest BCUT2D eigenvalue weighted by atomic mass is 35.5. The Hall–Kier alpha value is -3.31. The van der Waals surface area contributed by atoms with Crippen LogP contribution >= 0.6 is 11.6 Å². The van der Waals surface area contributed by atoms with Crippen LogP contribution in [0.1, 0.15) is 16.1 Å². The molecule has 0 radical (unpaired) electrons. The number of aromatic nitrogens is 2. The number of carbonyl (C=O) groups is 1. The van der Waals surface area contributed by atoms with E-state index in [1.54, 1.807) is 24.3 Å². The topological polar surface area (TPSA) is 60.1 Å². The molecule has 6 heteroatoms. The van der Waals surface area contributed by atoms with Crippen molar-refractivity contribution in [2.24, 2.45) is 0 Å². The van der Waals surface area contributed by atoms with Crippen LogP contribution in [-0.4, -0.2) is 22.2 Å². The van der Waals surface area contributed by atoms with Crippen molar-refractivity contribution < 1.29 is 9.21 Å². The maximum atomic E-state index is 12.3. The second kappa shape index (κ2) is 8.15. The Morgan fingerprint density at radius 2 is 1.82 bits per heavy atom. The predicted octanol–water partition coefficient (Wildman–Crippen LogP) is 4.76. The molecule has 0 fully saturated rings. The van der Waals surface area contributed by atoms with Gasteiger partial charge in [0.15, 0.2) is 5.76 Å². The third-order valence-electron chi connectivity index (χ3n) is 4.31. The van der Waals surface area contributed by atoms with E-state index in [9.17, 15) is 4.79 Å². The summed E-state index contributed by atoms with van der Waals surface area (Å²) in [4.78, 5) is 12.3. The number of carbonyl (C=O) groups excluding carboxylic acids is 1. The van der Waals surface area contributed by atoms with Gasteiger partial charge in [0.25, 0.3) is 5.91 Å². The van der Waals surface area contributed by atoms with E-state index in [4.69, 9.17) is 16.0 Å². The van der Waals surface area contributed by atoms with Gasteiger partial charge in [-0.25, -0.2) is 4.68 Å². The van der Waals surface area contributed by atoms with Crippen LogP contribution in [0.2, 0.25) is 5.02 Å². The van der Waals surface area contributed by atoms with Gasteiger partial charge in [-0.1, -0.05) is 29.8 Å². The number of para-hydroxylation sites is 1. The maximum Gasteiger partial charge on any atom is 0.287 e. The van der Waals surface area contributed by atoms with Crippen molar-refractivity contribution in [3.05, 3.63) is 95.5 Å². The number of halogens is 1. The smallest absolute Gasteiger partial charge is 0.287 e. The first-order valence-electron chi connectivity index (χ1n) is 8.92. The summed E-state index contributed by atoms with van der Waals surface area (Å²) in [6, 6.07) is 20.6. The van der Waals surface area contributed by atoms with E-state index in [2.05, 4.69) is 10.4 Å². The van der Waals surface area contributed by atoms with Crippen molar-refractivity contribution in [2.75, 3.05) is 6.54 Å². The number of rotatable bonds is 6. The minimum absolute atomic E-state index is 0.240. The fraction of sp³-hybridized carbons (Fsp3) is 0.0909. The lowest BCUT2D eigenvalue weighted by Gasteiger charge is -2.02. The lowest BCUT2D eigenvalue weighted by Crippen LogP contribution is -2.25. The molecule has 2 aromatic heterocycles. The molecule has 0 saturated heterocycles. The average molecular weight is 392 g/mol. The van der Waals surface area contributed by atoms with Crippen molar-refractivity contribution in [3.8, 4) is 17.0 Å². The zero-order valence-corrected chi connectivity index (χ0v) is 15.8. The Morgan fingerprint density at radius 1 is 1.04 bits per heavy atom. The van der Waals surface area contributed by atoms with E-state index in [1.165, 1.54) is 0 Å². The zero-order chi connectivity index (χ0) is 19.3. The van der Waals surface area contributed by atoms with Gasteiger partial charge in [-0.2, -0.15) is 5.10 Å². The van der Waals surface area contributed by atoms with Gasteiger partial charge in [-0.3, -0.25) is 4.79 Å². The van der Waals surface area contributed by atoms with Crippen LogP contribution in [0, 0.1) is 0 Å². The van der Waals surface area contributed by atoms with Crippen LogP contribution in [-0.2, 0) is 6.42 Å². The Bertz CT molecular complexity index is 1070. The Labute approximate surface area is 167 Å². The Kier molecular flexibility index (Phi) is 5.26. The lowest BCUT2D eigenvalue weighted by atomic mass is 10.2. The number of nitrogens with one attached hydrogen (secondary N) is 1. The van der Waals surface area contributed by atoms with Gasteiger partial charge in [-0.05, 0) is 60.5 Å². The molecule has 140 valence electrons.